The van der Waals surface area contributed by atoms with Crippen molar-refractivity contribution in [2.75, 3.05) is 5.75 Å². The molecule has 3 rings (SSSR count). The number of aromatic nitrogens is 2. The van der Waals surface area contributed by atoms with Gasteiger partial charge in [0, 0.05) is 22.3 Å². The molecule has 0 fully saturated rings. The van der Waals surface area contributed by atoms with E-state index < -0.39 is 5.97 Å². The Hall–Kier alpha value is -1.79. The molecule has 0 aliphatic carbocycles. The molecule has 0 spiro atoms. The van der Waals surface area contributed by atoms with Crippen molar-refractivity contribution in [2.24, 2.45) is 0 Å². The van der Waals surface area contributed by atoms with Gasteiger partial charge >= 0.3 is 5.97 Å². The first-order chi connectivity index (χ1) is 9.65. The summed E-state index contributed by atoms with van der Waals surface area (Å²) in [5.41, 5.74) is 2.01. The number of aryl methyl sites for hydroxylation is 1. The minimum atomic E-state index is -0.838. The van der Waals surface area contributed by atoms with Crippen LogP contribution in [0.2, 0.25) is 0 Å². The second-order valence-corrected chi connectivity index (χ2v) is 6.23. The number of thioether (sulfide) groups is 1. The number of benzene rings is 1. The number of imidazole rings is 1. The van der Waals surface area contributed by atoms with Crippen molar-refractivity contribution >= 4 is 39.2 Å². The van der Waals surface area contributed by atoms with Crippen molar-refractivity contribution in [2.45, 2.75) is 12.1 Å². The van der Waals surface area contributed by atoms with Crippen molar-refractivity contribution in [3.63, 3.8) is 0 Å². The average Bonchev–Trinajstić information content (AvgIpc) is 3.01. The zero-order chi connectivity index (χ0) is 14.1. The zero-order valence-electron chi connectivity index (χ0n) is 10.7. The fraction of sp³-hybridized carbons (Fsp3) is 0.143. The molecule has 2 aromatic heterocycles. The third-order valence-electron chi connectivity index (χ3n) is 2.92. The van der Waals surface area contributed by atoms with E-state index in [1.165, 1.54) is 21.8 Å². The summed E-state index contributed by atoms with van der Waals surface area (Å²) in [6.07, 6.45) is 1.77. The zero-order valence-corrected chi connectivity index (χ0v) is 12.4. The van der Waals surface area contributed by atoms with Gasteiger partial charge in [-0.15, -0.1) is 11.3 Å². The van der Waals surface area contributed by atoms with E-state index in [1.54, 1.807) is 17.5 Å². The molecule has 0 atom stereocenters. The number of thiophene rings is 1. The van der Waals surface area contributed by atoms with Gasteiger partial charge in [-0.3, -0.25) is 9.36 Å². The molecule has 0 unspecified atom stereocenters. The van der Waals surface area contributed by atoms with Crippen LogP contribution in [0.15, 0.2) is 41.0 Å². The first kappa shape index (κ1) is 13.2. The van der Waals surface area contributed by atoms with Crippen molar-refractivity contribution in [1.29, 1.82) is 0 Å². The quantitative estimate of drug-likeness (QED) is 0.749. The lowest BCUT2D eigenvalue weighted by Gasteiger charge is -2.09. The predicted molar refractivity (Wildman–Crippen MR) is 82.0 cm³/mol. The van der Waals surface area contributed by atoms with Crippen LogP contribution in [0.25, 0.3) is 15.8 Å². The monoisotopic (exact) mass is 304 g/mol. The number of carboxylic acids is 1. The molecule has 0 radical (unpaired) electrons. The first-order valence-electron chi connectivity index (χ1n) is 6.02. The average molecular weight is 304 g/mol. The fourth-order valence-corrected chi connectivity index (χ4v) is 3.58. The molecule has 20 heavy (non-hydrogen) atoms. The number of rotatable bonds is 4. The number of hydrogen-bond donors (Lipinski definition) is 1. The van der Waals surface area contributed by atoms with E-state index >= 15 is 0 Å². The van der Waals surface area contributed by atoms with Crippen molar-refractivity contribution in [3.8, 4) is 5.69 Å². The highest BCUT2D eigenvalue weighted by molar-refractivity contribution is 7.99. The summed E-state index contributed by atoms with van der Waals surface area (Å²) in [7, 11) is 0. The number of aliphatic carboxylic acids is 1. The van der Waals surface area contributed by atoms with Crippen LogP contribution in [-0.2, 0) is 4.79 Å². The fourth-order valence-electron chi connectivity index (χ4n) is 2.05. The van der Waals surface area contributed by atoms with Crippen molar-refractivity contribution in [1.82, 2.24) is 9.55 Å². The standard InChI is InChI=1S/C14H12N2O2S2/c1-9-7-15-14(20-8-13(17)18)16(9)11-2-3-12-10(6-11)4-5-19-12/h2-7H,8H2,1H3,(H,17,18). The third-order valence-corrected chi connectivity index (χ3v) is 4.76. The van der Waals surface area contributed by atoms with Gasteiger partial charge in [-0.25, -0.2) is 4.98 Å². The molecule has 0 aliphatic rings. The summed E-state index contributed by atoms with van der Waals surface area (Å²) < 4.78 is 3.23. The van der Waals surface area contributed by atoms with Crippen LogP contribution in [0, 0.1) is 6.92 Å². The summed E-state index contributed by atoms with van der Waals surface area (Å²) in [4.78, 5) is 15.0. The molecule has 3 aromatic rings. The lowest BCUT2D eigenvalue weighted by Crippen LogP contribution is -2.02. The summed E-state index contributed by atoms with van der Waals surface area (Å²) in [5, 5.41) is 12.8. The Kier molecular flexibility index (Phi) is 3.50. The van der Waals surface area contributed by atoms with Crippen LogP contribution in [0.1, 0.15) is 5.69 Å². The van der Waals surface area contributed by atoms with E-state index in [-0.39, 0.29) is 5.75 Å². The summed E-state index contributed by atoms with van der Waals surface area (Å²) in [5.74, 6) is -0.826. The lowest BCUT2D eigenvalue weighted by atomic mass is 10.2. The van der Waals surface area contributed by atoms with Gasteiger partial charge in [0.1, 0.15) is 0 Å². The molecule has 0 saturated heterocycles. The van der Waals surface area contributed by atoms with Crippen LogP contribution < -0.4 is 0 Å². The van der Waals surface area contributed by atoms with Crippen LogP contribution in [0.5, 0.6) is 0 Å². The van der Waals surface area contributed by atoms with Gasteiger partial charge in [-0.05, 0) is 42.0 Å². The molecule has 0 saturated carbocycles. The van der Waals surface area contributed by atoms with E-state index in [0.29, 0.717) is 5.16 Å². The smallest absolute Gasteiger partial charge is 0.313 e. The van der Waals surface area contributed by atoms with Gasteiger partial charge in [0.25, 0.3) is 0 Å². The minimum Gasteiger partial charge on any atom is -0.481 e. The van der Waals surface area contributed by atoms with E-state index in [1.807, 2.05) is 17.6 Å². The number of hydrogen-bond acceptors (Lipinski definition) is 4. The highest BCUT2D eigenvalue weighted by atomic mass is 32.2. The van der Waals surface area contributed by atoms with E-state index in [4.69, 9.17) is 5.11 Å². The highest BCUT2D eigenvalue weighted by Crippen LogP contribution is 2.27. The molecule has 1 aromatic carbocycles. The Labute approximate surface area is 124 Å². The second kappa shape index (κ2) is 5.30. The third kappa shape index (κ3) is 2.44. The van der Waals surface area contributed by atoms with Gasteiger partial charge < -0.3 is 5.11 Å². The van der Waals surface area contributed by atoms with Gasteiger partial charge in [0.2, 0.25) is 0 Å². The summed E-state index contributed by atoms with van der Waals surface area (Å²) in [6.45, 7) is 1.97. The number of carbonyl (C=O) groups is 1. The van der Waals surface area contributed by atoms with Gasteiger partial charge in [-0.1, -0.05) is 11.8 Å². The maximum Gasteiger partial charge on any atom is 0.313 e. The van der Waals surface area contributed by atoms with Crippen LogP contribution >= 0.6 is 23.1 Å². The Morgan fingerprint density at radius 1 is 1.45 bits per heavy atom. The molecule has 2 heterocycles. The molecular weight excluding hydrogens is 292 g/mol. The Morgan fingerprint density at radius 2 is 2.30 bits per heavy atom. The number of carboxylic acid groups (broad SMARTS) is 1. The Balaban J connectivity index is 2.03. The first-order valence-corrected chi connectivity index (χ1v) is 7.88. The largest absolute Gasteiger partial charge is 0.481 e. The minimum absolute atomic E-state index is 0.0111. The van der Waals surface area contributed by atoms with Crippen LogP contribution in [0.3, 0.4) is 0 Å². The maximum absolute atomic E-state index is 10.7. The molecule has 6 heteroatoms. The van der Waals surface area contributed by atoms with E-state index in [2.05, 4.69) is 28.6 Å². The second-order valence-electron chi connectivity index (χ2n) is 4.34. The van der Waals surface area contributed by atoms with Crippen molar-refractivity contribution in [3.05, 3.63) is 41.5 Å². The molecule has 1 N–H and O–H groups in total. The van der Waals surface area contributed by atoms with Gasteiger partial charge in [0.05, 0.1) is 5.75 Å². The van der Waals surface area contributed by atoms with Gasteiger partial charge in [0.15, 0.2) is 5.16 Å². The molecule has 0 amide bonds. The highest BCUT2D eigenvalue weighted by Gasteiger charge is 2.12. The lowest BCUT2D eigenvalue weighted by molar-refractivity contribution is -0.133. The molecule has 0 aliphatic heterocycles. The van der Waals surface area contributed by atoms with E-state index in [9.17, 15) is 4.79 Å². The molecule has 0 bridgehead atoms. The van der Waals surface area contributed by atoms with Gasteiger partial charge in [-0.2, -0.15) is 0 Å². The topological polar surface area (TPSA) is 55.1 Å². The Morgan fingerprint density at radius 3 is 3.10 bits per heavy atom. The summed E-state index contributed by atoms with van der Waals surface area (Å²) >= 11 is 2.94. The molecular formula is C14H12N2O2S2. The van der Waals surface area contributed by atoms with Crippen LogP contribution in [0.4, 0.5) is 0 Å². The predicted octanol–water partition coefficient (Wildman–Crippen LogP) is 3.57. The van der Waals surface area contributed by atoms with E-state index in [0.717, 1.165) is 11.4 Å². The number of fused-ring (bicyclic) bond motifs is 1. The summed E-state index contributed by atoms with van der Waals surface area (Å²) in [6, 6.07) is 8.31. The SMILES string of the molecule is Cc1cnc(SCC(=O)O)n1-c1ccc2sccc2c1. The molecule has 102 valence electrons. The Bertz CT molecular complexity index is 776. The van der Waals surface area contributed by atoms with Crippen molar-refractivity contribution < 1.29 is 9.90 Å². The normalized spacial score (nSPS) is 11.1. The van der Waals surface area contributed by atoms with Crippen LogP contribution in [-0.4, -0.2) is 26.4 Å². The number of nitrogens with zero attached hydrogens (tertiary/aromatic N) is 2. The molecule has 4 nitrogen and oxygen atoms in total. The maximum atomic E-state index is 10.7.